The molecule has 0 fully saturated rings. The third-order valence-corrected chi connectivity index (χ3v) is 2.20. The first-order valence-corrected chi connectivity index (χ1v) is 6.34. The van der Waals surface area contributed by atoms with Gasteiger partial charge in [-0.3, -0.25) is 0 Å². The predicted molar refractivity (Wildman–Crippen MR) is 75.2 cm³/mol. The highest BCUT2D eigenvalue weighted by Crippen LogP contribution is 1.97. The van der Waals surface area contributed by atoms with Crippen LogP contribution < -0.4 is 0 Å². The first-order valence-electron chi connectivity index (χ1n) is 6.34. The van der Waals surface area contributed by atoms with Gasteiger partial charge in [0.2, 0.25) is 0 Å². The molecule has 2 atom stereocenters. The molecule has 0 aromatic heterocycles. The molecule has 0 spiro atoms. The Morgan fingerprint density at radius 1 is 0.889 bits per heavy atom. The second-order valence-electron chi connectivity index (χ2n) is 3.92. The molecule has 3 nitrogen and oxygen atoms in total. The average molecular weight is 252 g/mol. The van der Waals surface area contributed by atoms with Crippen molar-refractivity contribution in [2.75, 3.05) is 6.61 Å². The Kier molecular flexibility index (Phi) is 11.5. The van der Waals surface area contributed by atoms with Gasteiger partial charge in [-0.25, -0.2) is 0 Å². The van der Waals surface area contributed by atoms with Crippen LogP contribution in [-0.4, -0.2) is 34.1 Å². The molecule has 18 heavy (non-hydrogen) atoms. The molecule has 0 amide bonds. The topological polar surface area (TPSA) is 60.7 Å². The summed E-state index contributed by atoms with van der Waals surface area (Å²) in [4.78, 5) is 0. The van der Waals surface area contributed by atoms with E-state index in [0.29, 0.717) is 12.8 Å². The second kappa shape index (κ2) is 12.3. The van der Waals surface area contributed by atoms with Crippen LogP contribution in [0.25, 0.3) is 0 Å². The lowest BCUT2D eigenvalue weighted by Gasteiger charge is -1.99. The molecular formula is C15H24O3. The van der Waals surface area contributed by atoms with E-state index in [4.69, 9.17) is 5.11 Å². The molecule has 0 radical (unpaired) electrons. The van der Waals surface area contributed by atoms with E-state index in [0.717, 1.165) is 6.42 Å². The van der Waals surface area contributed by atoms with E-state index in [1.54, 1.807) is 36.5 Å². The third-order valence-electron chi connectivity index (χ3n) is 2.20. The Balaban J connectivity index is 3.82. The van der Waals surface area contributed by atoms with Crippen molar-refractivity contribution in [2.24, 2.45) is 0 Å². The van der Waals surface area contributed by atoms with Gasteiger partial charge >= 0.3 is 0 Å². The SMILES string of the molecule is CC/C=C\C[C@H](O)/C=C/C=C/C=C/[C@@H](O)CCO. The van der Waals surface area contributed by atoms with Crippen molar-refractivity contribution < 1.29 is 15.3 Å². The van der Waals surface area contributed by atoms with Crippen LogP contribution in [0.2, 0.25) is 0 Å². The summed E-state index contributed by atoms with van der Waals surface area (Å²) < 4.78 is 0. The molecule has 0 aromatic rings. The number of allylic oxidation sites excluding steroid dienone is 5. The predicted octanol–water partition coefficient (Wildman–Crippen LogP) is 2.12. The minimum Gasteiger partial charge on any atom is -0.396 e. The summed E-state index contributed by atoms with van der Waals surface area (Å²) >= 11 is 0. The maximum atomic E-state index is 9.53. The van der Waals surface area contributed by atoms with Crippen LogP contribution >= 0.6 is 0 Å². The number of aliphatic hydroxyl groups is 3. The fourth-order valence-corrected chi connectivity index (χ4v) is 1.22. The Bertz CT molecular complexity index is 290. The van der Waals surface area contributed by atoms with E-state index >= 15 is 0 Å². The highest BCUT2D eigenvalue weighted by molar-refractivity contribution is 5.13. The molecule has 0 aliphatic rings. The molecule has 0 aliphatic heterocycles. The molecule has 0 heterocycles. The summed E-state index contributed by atoms with van der Waals surface area (Å²) in [6.07, 6.45) is 15.3. The zero-order valence-electron chi connectivity index (χ0n) is 10.9. The maximum Gasteiger partial charge on any atom is 0.0758 e. The van der Waals surface area contributed by atoms with Gasteiger partial charge in [0, 0.05) is 6.61 Å². The molecule has 0 saturated carbocycles. The molecule has 0 saturated heterocycles. The van der Waals surface area contributed by atoms with Gasteiger partial charge in [0.05, 0.1) is 12.2 Å². The van der Waals surface area contributed by atoms with Crippen LogP contribution in [-0.2, 0) is 0 Å². The van der Waals surface area contributed by atoms with Gasteiger partial charge in [0.15, 0.2) is 0 Å². The van der Waals surface area contributed by atoms with Crippen LogP contribution in [0.4, 0.5) is 0 Å². The molecule has 0 bridgehead atoms. The maximum absolute atomic E-state index is 9.53. The standard InChI is InChI=1S/C15H24O3/c1-2-3-6-9-14(17)10-7-4-5-8-11-15(18)12-13-16/h3-8,10-11,14-18H,2,9,12-13H2,1H3/b5-4+,6-3-,10-7+,11-8+/t14-,15+/m0/s1. The number of aliphatic hydroxyl groups excluding tert-OH is 3. The van der Waals surface area contributed by atoms with Gasteiger partial charge in [-0.05, 0) is 19.3 Å². The van der Waals surface area contributed by atoms with Crippen LogP contribution in [0, 0.1) is 0 Å². The third kappa shape index (κ3) is 11.3. The molecule has 3 N–H and O–H groups in total. The number of hydrogen-bond acceptors (Lipinski definition) is 3. The van der Waals surface area contributed by atoms with E-state index in [1.807, 2.05) is 12.2 Å². The molecule has 0 aliphatic carbocycles. The molecule has 0 unspecified atom stereocenters. The Hall–Kier alpha value is -1.16. The summed E-state index contributed by atoms with van der Waals surface area (Å²) in [5.74, 6) is 0. The lowest BCUT2D eigenvalue weighted by atomic mass is 10.2. The first kappa shape index (κ1) is 16.8. The van der Waals surface area contributed by atoms with Crippen LogP contribution in [0.5, 0.6) is 0 Å². The highest BCUT2D eigenvalue weighted by Gasteiger charge is 1.94. The molecule has 102 valence electrons. The van der Waals surface area contributed by atoms with E-state index in [1.165, 1.54) is 0 Å². The normalized spacial score (nSPS) is 16.4. The molecular weight excluding hydrogens is 228 g/mol. The Morgan fingerprint density at radius 3 is 2.06 bits per heavy atom. The Labute approximate surface area is 109 Å². The lowest BCUT2D eigenvalue weighted by molar-refractivity contribution is 0.170. The van der Waals surface area contributed by atoms with E-state index in [9.17, 15) is 10.2 Å². The van der Waals surface area contributed by atoms with Crippen molar-refractivity contribution in [1.82, 2.24) is 0 Å². The van der Waals surface area contributed by atoms with Crippen molar-refractivity contribution in [3.63, 3.8) is 0 Å². The highest BCUT2D eigenvalue weighted by atomic mass is 16.3. The monoisotopic (exact) mass is 252 g/mol. The van der Waals surface area contributed by atoms with Gasteiger partial charge in [-0.1, -0.05) is 55.5 Å². The van der Waals surface area contributed by atoms with Gasteiger partial charge in [-0.15, -0.1) is 0 Å². The van der Waals surface area contributed by atoms with Crippen molar-refractivity contribution >= 4 is 0 Å². The zero-order chi connectivity index (χ0) is 13.6. The second-order valence-corrected chi connectivity index (χ2v) is 3.92. The fraction of sp³-hybridized carbons (Fsp3) is 0.467. The van der Waals surface area contributed by atoms with Crippen molar-refractivity contribution in [1.29, 1.82) is 0 Å². The van der Waals surface area contributed by atoms with E-state index in [2.05, 4.69) is 6.92 Å². The summed E-state index contributed by atoms with van der Waals surface area (Å²) in [5.41, 5.74) is 0. The number of rotatable bonds is 9. The largest absolute Gasteiger partial charge is 0.396 e. The van der Waals surface area contributed by atoms with E-state index in [-0.39, 0.29) is 6.61 Å². The fourth-order valence-electron chi connectivity index (χ4n) is 1.22. The summed E-state index contributed by atoms with van der Waals surface area (Å²) in [7, 11) is 0. The van der Waals surface area contributed by atoms with Gasteiger partial charge < -0.3 is 15.3 Å². The van der Waals surface area contributed by atoms with Crippen molar-refractivity contribution in [3.05, 3.63) is 48.6 Å². The van der Waals surface area contributed by atoms with Crippen molar-refractivity contribution in [3.8, 4) is 0 Å². The average Bonchev–Trinajstić information content (AvgIpc) is 2.34. The minimum atomic E-state index is -0.603. The van der Waals surface area contributed by atoms with Crippen molar-refractivity contribution in [2.45, 2.75) is 38.4 Å². The summed E-state index contributed by atoms with van der Waals surface area (Å²) in [6.45, 7) is 2.03. The van der Waals surface area contributed by atoms with Crippen LogP contribution in [0.1, 0.15) is 26.2 Å². The van der Waals surface area contributed by atoms with E-state index < -0.39 is 12.2 Å². The summed E-state index contributed by atoms with van der Waals surface area (Å²) in [5, 5.41) is 27.4. The zero-order valence-corrected chi connectivity index (χ0v) is 10.9. The van der Waals surface area contributed by atoms with Gasteiger partial charge in [0.1, 0.15) is 0 Å². The minimum absolute atomic E-state index is 0.0212. The molecule has 0 rings (SSSR count). The summed E-state index contributed by atoms with van der Waals surface area (Å²) in [6, 6.07) is 0. The first-order chi connectivity index (χ1) is 8.70. The number of hydrogen-bond donors (Lipinski definition) is 3. The van der Waals surface area contributed by atoms with Gasteiger partial charge in [-0.2, -0.15) is 0 Å². The molecule has 0 aromatic carbocycles. The van der Waals surface area contributed by atoms with Gasteiger partial charge in [0.25, 0.3) is 0 Å². The molecule has 3 heteroatoms. The lowest BCUT2D eigenvalue weighted by Crippen LogP contribution is -2.03. The Morgan fingerprint density at radius 2 is 1.50 bits per heavy atom. The van der Waals surface area contributed by atoms with Crippen LogP contribution in [0.3, 0.4) is 0 Å². The van der Waals surface area contributed by atoms with Crippen LogP contribution in [0.15, 0.2) is 48.6 Å². The quantitative estimate of drug-likeness (QED) is 0.435. The smallest absolute Gasteiger partial charge is 0.0758 e.